The lowest BCUT2D eigenvalue weighted by Gasteiger charge is -2.26. The van der Waals surface area contributed by atoms with Crippen molar-refractivity contribution in [2.24, 2.45) is 0 Å². The lowest BCUT2D eigenvalue weighted by Crippen LogP contribution is -2.42. The molecular formula is C11H13Cl2N2. The largest absolute Gasteiger partial charge is 0.314 e. The van der Waals surface area contributed by atoms with Gasteiger partial charge >= 0.3 is 0 Å². The van der Waals surface area contributed by atoms with Crippen molar-refractivity contribution < 1.29 is 0 Å². The highest BCUT2D eigenvalue weighted by atomic mass is 35.5. The zero-order chi connectivity index (χ0) is 10.7. The zero-order valence-corrected chi connectivity index (χ0v) is 9.85. The Hall–Kier alpha value is -0.280. The molecule has 1 N–H and O–H groups in total. The molecule has 2 nitrogen and oxygen atoms in total. The summed E-state index contributed by atoms with van der Waals surface area (Å²) in [5.41, 5.74) is 1.10. The van der Waals surface area contributed by atoms with Crippen LogP contribution in [0.5, 0.6) is 0 Å². The minimum atomic E-state index is 0.606. The summed E-state index contributed by atoms with van der Waals surface area (Å²) in [6, 6.07) is 5.71. The lowest BCUT2D eigenvalue weighted by molar-refractivity contribution is 0.299. The van der Waals surface area contributed by atoms with E-state index in [2.05, 4.69) is 16.8 Å². The van der Waals surface area contributed by atoms with Gasteiger partial charge in [0.05, 0.1) is 16.6 Å². The van der Waals surface area contributed by atoms with E-state index < -0.39 is 0 Å². The molecule has 0 amide bonds. The van der Waals surface area contributed by atoms with E-state index >= 15 is 0 Å². The van der Waals surface area contributed by atoms with Crippen molar-refractivity contribution >= 4 is 23.2 Å². The number of halogens is 2. The standard InChI is InChI=1S/C11H13Cl2N2/c12-10-2-1-9(7-11(10)13)8-15-5-3-14-4-6-15/h1-2,7-8,14H,3-6H2. The van der Waals surface area contributed by atoms with Gasteiger partial charge in [0, 0.05) is 26.2 Å². The van der Waals surface area contributed by atoms with Crippen molar-refractivity contribution in [3.63, 3.8) is 0 Å². The van der Waals surface area contributed by atoms with E-state index in [1.165, 1.54) is 0 Å². The molecule has 0 aromatic heterocycles. The van der Waals surface area contributed by atoms with E-state index in [1.807, 2.05) is 18.2 Å². The van der Waals surface area contributed by atoms with Crippen LogP contribution in [0.3, 0.4) is 0 Å². The Labute approximate surface area is 100 Å². The van der Waals surface area contributed by atoms with Gasteiger partial charge in [-0.1, -0.05) is 29.3 Å². The lowest BCUT2D eigenvalue weighted by atomic mass is 10.2. The summed E-state index contributed by atoms with van der Waals surface area (Å²) < 4.78 is 0. The topological polar surface area (TPSA) is 15.3 Å². The normalized spacial score (nSPS) is 18.0. The van der Waals surface area contributed by atoms with Crippen molar-refractivity contribution in [1.29, 1.82) is 0 Å². The van der Waals surface area contributed by atoms with Crippen molar-refractivity contribution in [2.75, 3.05) is 26.2 Å². The maximum atomic E-state index is 5.95. The number of hydrogen-bond acceptors (Lipinski definition) is 2. The third-order valence-electron chi connectivity index (χ3n) is 2.43. The van der Waals surface area contributed by atoms with Gasteiger partial charge in [-0.25, -0.2) is 0 Å². The van der Waals surface area contributed by atoms with Crippen LogP contribution in [-0.4, -0.2) is 31.1 Å². The first-order valence-electron chi connectivity index (χ1n) is 5.00. The van der Waals surface area contributed by atoms with E-state index in [1.54, 1.807) is 0 Å². The van der Waals surface area contributed by atoms with Gasteiger partial charge in [-0.2, -0.15) is 0 Å². The highest BCUT2D eigenvalue weighted by Crippen LogP contribution is 2.23. The summed E-state index contributed by atoms with van der Waals surface area (Å²) in [5, 5.41) is 4.53. The van der Waals surface area contributed by atoms with Crippen LogP contribution < -0.4 is 5.32 Å². The second-order valence-corrected chi connectivity index (χ2v) is 4.40. The van der Waals surface area contributed by atoms with Gasteiger partial charge in [0.1, 0.15) is 0 Å². The Kier molecular flexibility index (Phi) is 3.87. The number of benzene rings is 1. The molecule has 81 valence electrons. The number of rotatable bonds is 2. The molecule has 1 saturated heterocycles. The fourth-order valence-electron chi connectivity index (χ4n) is 1.61. The summed E-state index contributed by atoms with van der Waals surface area (Å²) >= 11 is 11.8. The third-order valence-corrected chi connectivity index (χ3v) is 3.17. The first-order valence-corrected chi connectivity index (χ1v) is 5.76. The number of nitrogens with zero attached hydrogens (tertiary/aromatic N) is 1. The molecule has 0 bridgehead atoms. The van der Waals surface area contributed by atoms with E-state index in [9.17, 15) is 0 Å². The molecule has 0 saturated carbocycles. The van der Waals surface area contributed by atoms with Crippen LogP contribution in [0.2, 0.25) is 10.0 Å². The van der Waals surface area contributed by atoms with Crippen molar-refractivity contribution in [2.45, 2.75) is 0 Å². The van der Waals surface area contributed by atoms with E-state index in [4.69, 9.17) is 23.2 Å². The SMILES string of the molecule is Clc1ccc([CH]N2CCNCC2)cc1Cl. The summed E-state index contributed by atoms with van der Waals surface area (Å²) in [7, 11) is 0. The minimum Gasteiger partial charge on any atom is -0.314 e. The average molecular weight is 244 g/mol. The van der Waals surface area contributed by atoms with Crippen LogP contribution in [0, 0.1) is 6.54 Å². The second-order valence-electron chi connectivity index (χ2n) is 3.59. The fraction of sp³-hybridized carbons (Fsp3) is 0.364. The quantitative estimate of drug-likeness (QED) is 0.859. The number of hydrogen-bond donors (Lipinski definition) is 1. The fourth-order valence-corrected chi connectivity index (χ4v) is 1.92. The Morgan fingerprint density at radius 1 is 1.13 bits per heavy atom. The molecule has 1 radical (unpaired) electrons. The Balaban J connectivity index is 2.00. The van der Waals surface area contributed by atoms with Gasteiger partial charge in [-0.15, -0.1) is 0 Å². The summed E-state index contributed by atoms with van der Waals surface area (Å²) in [6.45, 7) is 6.29. The maximum absolute atomic E-state index is 5.95. The van der Waals surface area contributed by atoms with Crippen LogP contribution in [0.4, 0.5) is 0 Å². The molecule has 0 unspecified atom stereocenters. The first-order chi connectivity index (χ1) is 7.25. The molecule has 4 heteroatoms. The molecule has 1 aromatic carbocycles. The first kappa shape index (κ1) is 11.2. The van der Waals surface area contributed by atoms with Gasteiger partial charge < -0.3 is 5.32 Å². The summed E-state index contributed by atoms with van der Waals surface area (Å²) in [4.78, 5) is 2.29. The van der Waals surface area contributed by atoms with Crippen molar-refractivity contribution in [3.8, 4) is 0 Å². The van der Waals surface area contributed by atoms with Crippen LogP contribution >= 0.6 is 23.2 Å². The van der Waals surface area contributed by atoms with Gasteiger partial charge in [-0.05, 0) is 17.7 Å². The molecular weight excluding hydrogens is 231 g/mol. The monoisotopic (exact) mass is 243 g/mol. The molecule has 15 heavy (non-hydrogen) atoms. The van der Waals surface area contributed by atoms with Gasteiger partial charge in [0.25, 0.3) is 0 Å². The Morgan fingerprint density at radius 3 is 2.53 bits per heavy atom. The average Bonchev–Trinajstić information content (AvgIpc) is 2.25. The smallest absolute Gasteiger partial charge is 0.0595 e. The van der Waals surface area contributed by atoms with Gasteiger partial charge in [-0.3, -0.25) is 4.90 Å². The van der Waals surface area contributed by atoms with Crippen LogP contribution in [0.25, 0.3) is 0 Å². The summed E-state index contributed by atoms with van der Waals surface area (Å²) in [6.07, 6.45) is 0. The van der Waals surface area contributed by atoms with Gasteiger partial charge in [0.2, 0.25) is 0 Å². The Bertz CT molecular complexity index is 335. The highest BCUT2D eigenvalue weighted by Gasteiger charge is 2.10. The zero-order valence-electron chi connectivity index (χ0n) is 8.34. The van der Waals surface area contributed by atoms with E-state index in [0.717, 1.165) is 31.7 Å². The van der Waals surface area contributed by atoms with E-state index in [-0.39, 0.29) is 0 Å². The van der Waals surface area contributed by atoms with Crippen LogP contribution in [0.1, 0.15) is 5.56 Å². The minimum absolute atomic E-state index is 0.606. The predicted octanol–water partition coefficient (Wildman–Crippen LogP) is 2.41. The molecule has 1 aliphatic rings. The van der Waals surface area contributed by atoms with Crippen molar-refractivity contribution in [1.82, 2.24) is 10.2 Å². The van der Waals surface area contributed by atoms with Crippen molar-refractivity contribution in [3.05, 3.63) is 40.4 Å². The van der Waals surface area contributed by atoms with E-state index in [0.29, 0.717) is 10.0 Å². The third kappa shape index (κ3) is 3.08. The molecule has 1 aromatic rings. The second kappa shape index (κ2) is 5.17. The molecule has 2 rings (SSSR count). The van der Waals surface area contributed by atoms with Crippen LogP contribution in [-0.2, 0) is 0 Å². The Morgan fingerprint density at radius 2 is 1.87 bits per heavy atom. The van der Waals surface area contributed by atoms with Gasteiger partial charge in [0.15, 0.2) is 0 Å². The molecule has 0 aliphatic carbocycles. The highest BCUT2D eigenvalue weighted by molar-refractivity contribution is 6.42. The maximum Gasteiger partial charge on any atom is 0.0595 e. The molecule has 0 atom stereocenters. The van der Waals surface area contributed by atoms with Crippen LogP contribution in [0.15, 0.2) is 18.2 Å². The molecule has 0 spiro atoms. The summed E-state index contributed by atoms with van der Waals surface area (Å²) in [5.74, 6) is 0. The number of nitrogens with one attached hydrogen (secondary N) is 1. The number of piperazine rings is 1. The molecule has 1 fully saturated rings. The molecule has 1 heterocycles. The predicted molar refractivity (Wildman–Crippen MR) is 64.3 cm³/mol. The molecule has 1 aliphatic heterocycles.